The van der Waals surface area contributed by atoms with Gasteiger partial charge < -0.3 is 27.9 Å². The third kappa shape index (κ3) is 58.7. The Morgan fingerprint density at radius 2 is 0.770 bits per heavy atom. The Labute approximate surface area is 457 Å². The van der Waals surface area contributed by atoms with Gasteiger partial charge >= 0.3 is 11.9 Å². The van der Waals surface area contributed by atoms with Crippen molar-refractivity contribution in [3.63, 3.8) is 0 Å². The number of phosphoric acid groups is 1. The van der Waals surface area contributed by atoms with Gasteiger partial charge in [0, 0.05) is 12.8 Å². The van der Waals surface area contributed by atoms with Crippen LogP contribution in [0.25, 0.3) is 0 Å². The summed E-state index contributed by atoms with van der Waals surface area (Å²) < 4.78 is 34.2. The summed E-state index contributed by atoms with van der Waals surface area (Å²) in [5, 5.41) is 0. The Morgan fingerprint density at radius 1 is 0.432 bits per heavy atom. The van der Waals surface area contributed by atoms with Gasteiger partial charge in [0.15, 0.2) is 6.10 Å². The quantitative estimate of drug-likeness (QED) is 0.0195. The third-order valence-corrected chi connectivity index (χ3v) is 14.2. The van der Waals surface area contributed by atoms with E-state index in [1.165, 1.54) is 167 Å². The molecule has 0 aromatic heterocycles. The fourth-order valence-corrected chi connectivity index (χ4v) is 9.23. The van der Waals surface area contributed by atoms with Crippen molar-refractivity contribution < 1.29 is 42.1 Å². The highest BCUT2D eigenvalue weighted by Gasteiger charge is 2.22. The minimum Gasteiger partial charge on any atom is -0.756 e. The van der Waals surface area contributed by atoms with Crippen molar-refractivity contribution >= 4 is 19.8 Å². The first-order valence-electron chi connectivity index (χ1n) is 30.6. The van der Waals surface area contributed by atoms with Crippen molar-refractivity contribution in [1.29, 1.82) is 0 Å². The highest BCUT2D eigenvalue weighted by Crippen LogP contribution is 2.38. The van der Waals surface area contributed by atoms with Gasteiger partial charge in [-0.05, 0) is 83.5 Å². The summed E-state index contributed by atoms with van der Waals surface area (Å²) in [5.74, 6) is -0.830. The number of esters is 2. The van der Waals surface area contributed by atoms with Crippen molar-refractivity contribution in [2.75, 3.05) is 47.5 Å². The molecule has 0 N–H and O–H groups in total. The molecule has 0 bridgehead atoms. The molecule has 0 heterocycles. The zero-order chi connectivity index (χ0) is 54.2. The van der Waals surface area contributed by atoms with Crippen molar-refractivity contribution in [2.45, 2.75) is 277 Å². The lowest BCUT2D eigenvalue weighted by molar-refractivity contribution is -0.870. The molecule has 0 aliphatic heterocycles. The van der Waals surface area contributed by atoms with E-state index in [1.54, 1.807) is 0 Å². The Bertz CT molecular complexity index is 1480. The van der Waals surface area contributed by atoms with E-state index in [0.29, 0.717) is 17.4 Å². The monoisotopic (exact) mass is 1060 g/mol. The van der Waals surface area contributed by atoms with Crippen molar-refractivity contribution in [3.8, 4) is 0 Å². The van der Waals surface area contributed by atoms with Gasteiger partial charge in [0.1, 0.15) is 19.8 Å². The summed E-state index contributed by atoms with van der Waals surface area (Å²) in [7, 11) is 1.17. The summed E-state index contributed by atoms with van der Waals surface area (Å²) in [6.45, 7) is 4.14. The molecule has 0 amide bonds. The molecule has 10 heteroatoms. The second-order valence-electron chi connectivity index (χ2n) is 21.7. The van der Waals surface area contributed by atoms with Crippen LogP contribution in [-0.4, -0.2) is 70.0 Å². The number of hydrogen-bond acceptors (Lipinski definition) is 8. The molecule has 0 aliphatic carbocycles. The Hall–Kier alpha value is -2.55. The third-order valence-electron chi connectivity index (χ3n) is 13.2. The molecule has 0 saturated heterocycles. The molecule has 0 aliphatic rings. The minimum atomic E-state index is -4.64. The molecule has 0 aromatic carbocycles. The number of hydrogen-bond donors (Lipinski definition) is 0. The first-order chi connectivity index (χ1) is 36.0. The summed E-state index contributed by atoms with van der Waals surface area (Å²) in [4.78, 5) is 37.9. The van der Waals surface area contributed by atoms with Crippen molar-refractivity contribution in [2.24, 2.45) is 0 Å². The van der Waals surface area contributed by atoms with Gasteiger partial charge in [0.25, 0.3) is 7.82 Å². The molecule has 9 nitrogen and oxygen atoms in total. The normalized spacial score (nSPS) is 13.8. The molecule has 2 atom stereocenters. The molecule has 0 spiro atoms. The predicted octanol–water partition coefficient (Wildman–Crippen LogP) is 18.6. The Morgan fingerprint density at radius 3 is 1.15 bits per heavy atom. The van der Waals surface area contributed by atoms with Crippen molar-refractivity contribution in [3.05, 3.63) is 72.9 Å². The lowest BCUT2D eigenvalue weighted by Gasteiger charge is -2.28. The van der Waals surface area contributed by atoms with Crippen LogP contribution in [0.2, 0.25) is 0 Å². The molecule has 74 heavy (non-hydrogen) atoms. The maximum atomic E-state index is 12.8. The van der Waals surface area contributed by atoms with E-state index in [2.05, 4.69) is 86.8 Å². The number of allylic oxidation sites excluding steroid dienone is 12. The Balaban J connectivity index is 4.13. The summed E-state index contributed by atoms with van der Waals surface area (Å²) in [6, 6.07) is 0. The van der Waals surface area contributed by atoms with E-state index < -0.39 is 26.5 Å². The standard InChI is InChI=1S/C64H116NO8P/c1-6-8-10-12-14-16-18-20-22-24-26-28-30-32-34-36-38-40-42-44-46-48-50-52-54-56-63(66)70-60-62(61-72-74(68,69)71-59-58-65(3,4)5)73-64(67)57-55-53-51-49-47-45-43-41-39-37-35-33-31-29-27-25-23-21-19-17-15-13-11-9-7-2/h9,11,15,17-18,20-21,23-24,26-27,29,62H,6-8,10,12-14,16,19,22,25,28,30-61H2,1-5H3/b11-9-,17-15-,20-18-,23-21-,26-24-,29-27-. The van der Waals surface area contributed by atoms with Gasteiger partial charge in [-0.2, -0.15) is 0 Å². The first kappa shape index (κ1) is 71.5. The van der Waals surface area contributed by atoms with Crippen LogP contribution < -0.4 is 4.89 Å². The van der Waals surface area contributed by atoms with E-state index in [9.17, 15) is 19.0 Å². The fourth-order valence-electron chi connectivity index (χ4n) is 8.50. The van der Waals surface area contributed by atoms with Gasteiger partial charge in [-0.3, -0.25) is 14.2 Å². The number of quaternary nitrogens is 1. The van der Waals surface area contributed by atoms with Crippen LogP contribution >= 0.6 is 7.82 Å². The molecule has 0 saturated carbocycles. The fraction of sp³-hybridized carbons (Fsp3) is 0.781. The van der Waals surface area contributed by atoms with Gasteiger partial charge in [-0.15, -0.1) is 0 Å². The molecular weight excluding hydrogens is 942 g/mol. The number of likely N-dealkylation sites (N-methyl/N-ethyl adjacent to an activating group) is 1. The average Bonchev–Trinajstić information content (AvgIpc) is 3.36. The SMILES string of the molecule is CC/C=C\C/C=C\C/C=C\C/C=C\CCCCCCCCCCCCCCC(=O)OC(COC(=O)CCCCCCCCCCCCCCC/C=C\C/C=C\CCCCCCC)COP(=O)([O-])OCC[N+](C)(C)C. The number of carbonyl (C=O) groups is 2. The zero-order valence-corrected chi connectivity index (χ0v) is 49.7. The van der Waals surface area contributed by atoms with Gasteiger partial charge in [-0.25, -0.2) is 0 Å². The smallest absolute Gasteiger partial charge is 0.306 e. The van der Waals surface area contributed by atoms with Crippen LogP contribution in [0.3, 0.4) is 0 Å². The second kappa shape index (κ2) is 55.2. The lowest BCUT2D eigenvalue weighted by atomic mass is 10.0. The van der Waals surface area contributed by atoms with Gasteiger partial charge in [0.2, 0.25) is 0 Å². The van der Waals surface area contributed by atoms with E-state index in [4.69, 9.17) is 18.5 Å². The van der Waals surface area contributed by atoms with E-state index in [-0.39, 0.29) is 32.0 Å². The van der Waals surface area contributed by atoms with Crippen LogP contribution in [-0.2, 0) is 32.7 Å². The zero-order valence-electron chi connectivity index (χ0n) is 48.8. The van der Waals surface area contributed by atoms with Crippen molar-refractivity contribution in [1.82, 2.24) is 0 Å². The van der Waals surface area contributed by atoms with Crippen LogP contribution in [0.15, 0.2) is 72.9 Å². The lowest BCUT2D eigenvalue weighted by Crippen LogP contribution is -2.37. The number of nitrogens with zero attached hydrogens (tertiary/aromatic N) is 1. The highest BCUT2D eigenvalue weighted by molar-refractivity contribution is 7.45. The number of unbranched alkanes of at least 4 members (excludes halogenated alkanes) is 30. The summed E-state index contributed by atoms with van der Waals surface area (Å²) in [6.07, 6.45) is 72.3. The number of carbonyl (C=O) groups excluding carboxylic acids is 2. The second-order valence-corrected chi connectivity index (χ2v) is 23.1. The largest absolute Gasteiger partial charge is 0.756 e. The number of ether oxygens (including phenoxy) is 2. The molecule has 430 valence electrons. The number of phosphoric ester groups is 1. The highest BCUT2D eigenvalue weighted by atomic mass is 31.2. The predicted molar refractivity (Wildman–Crippen MR) is 314 cm³/mol. The van der Waals surface area contributed by atoms with Crippen LogP contribution in [0.5, 0.6) is 0 Å². The van der Waals surface area contributed by atoms with E-state index in [0.717, 1.165) is 70.6 Å². The van der Waals surface area contributed by atoms with E-state index >= 15 is 0 Å². The van der Waals surface area contributed by atoms with Crippen LogP contribution in [0.4, 0.5) is 0 Å². The minimum absolute atomic E-state index is 0.0330. The molecule has 0 radical (unpaired) electrons. The maximum absolute atomic E-state index is 12.8. The van der Waals surface area contributed by atoms with Crippen LogP contribution in [0, 0.1) is 0 Å². The number of rotatable bonds is 56. The molecule has 2 unspecified atom stereocenters. The molecular formula is C64H116NO8P. The topological polar surface area (TPSA) is 111 Å². The van der Waals surface area contributed by atoms with Gasteiger partial charge in [0.05, 0.1) is 27.7 Å². The molecule has 0 rings (SSSR count). The van der Waals surface area contributed by atoms with Gasteiger partial charge in [-0.1, -0.05) is 247 Å². The maximum Gasteiger partial charge on any atom is 0.306 e. The Kier molecular flexibility index (Phi) is 53.3. The van der Waals surface area contributed by atoms with Crippen LogP contribution in [0.1, 0.15) is 271 Å². The first-order valence-corrected chi connectivity index (χ1v) is 32.1. The summed E-state index contributed by atoms with van der Waals surface area (Å²) >= 11 is 0. The van der Waals surface area contributed by atoms with E-state index in [1.807, 2.05) is 21.1 Å². The molecule has 0 aromatic rings. The summed E-state index contributed by atoms with van der Waals surface area (Å²) in [5.41, 5.74) is 0. The average molecular weight is 1060 g/mol. The molecule has 0 fully saturated rings.